The van der Waals surface area contributed by atoms with E-state index in [4.69, 9.17) is 0 Å². The smallest absolute Gasteiger partial charge is 0.295 e. The van der Waals surface area contributed by atoms with Gasteiger partial charge in [-0.2, -0.15) is 0 Å². The molecule has 0 aromatic heterocycles. The summed E-state index contributed by atoms with van der Waals surface area (Å²) in [5, 5.41) is 10.9. The van der Waals surface area contributed by atoms with E-state index in [2.05, 4.69) is 13.8 Å². The van der Waals surface area contributed by atoms with Crippen molar-refractivity contribution < 1.29 is 19.1 Å². The SMILES string of the molecule is CC(C)c1ccc([C@H]2/C(=C(\O)c3ccc(F)cc3)C(=O)C(=O)N2CCN(C)C)cc1. The number of benzene rings is 2. The third-order valence-corrected chi connectivity index (χ3v) is 5.36. The summed E-state index contributed by atoms with van der Waals surface area (Å²) < 4.78 is 13.3. The summed E-state index contributed by atoms with van der Waals surface area (Å²) in [6, 6.07) is 12.3. The van der Waals surface area contributed by atoms with Gasteiger partial charge in [0.05, 0.1) is 11.6 Å². The Kier molecular flexibility index (Phi) is 6.37. The molecule has 6 heteroatoms. The lowest BCUT2D eigenvalue weighted by molar-refractivity contribution is -0.140. The van der Waals surface area contributed by atoms with E-state index in [0.29, 0.717) is 24.6 Å². The number of halogens is 1. The molecule has 0 spiro atoms. The number of amides is 1. The molecule has 0 bridgehead atoms. The molecule has 1 amide bonds. The van der Waals surface area contributed by atoms with Gasteiger partial charge in [-0.1, -0.05) is 38.1 Å². The number of ketones is 1. The van der Waals surface area contributed by atoms with E-state index in [-0.39, 0.29) is 11.3 Å². The molecule has 1 fully saturated rings. The van der Waals surface area contributed by atoms with Crippen LogP contribution in [-0.4, -0.2) is 53.8 Å². The summed E-state index contributed by atoms with van der Waals surface area (Å²) in [6.45, 7) is 5.10. The summed E-state index contributed by atoms with van der Waals surface area (Å²) in [4.78, 5) is 29.2. The summed E-state index contributed by atoms with van der Waals surface area (Å²) in [5.74, 6) is -1.76. The highest BCUT2D eigenvalue weighted by atomic mass is 19.1. The van der Waals surface area contributed by atoms with Crippen LogP contribution >= 0.6 is 0 Å². The van der Waals surface area contributed by atoms with Crippen molar-refractivity contribution in [3.05, 3.63) is 76.6 Å². The van der Waals surface area contributed by atoms with Gasteiger partial charge in [0.25, 0.3) is 11.7 Å². The molecule has 0 unspecified atom stereocenters. The average molecular weight is 410 g/mol. The van der Waals surface area contributed by atoms with Crippen LogP contribution in [0.3, 0.4) is 0 Å². The quantitative estimate of drug-likeness (QED) is 0.445. The molecule has 0 saturated carbocycles. The van der Waals surface area contributed by atoms with Crippen molar-refractivity contribution in [1.82, 2.24) is 9.80 Å². The van der Waals surface area contributed by atoms with Gasteiger partial charge in [-0.3, -0.25) is 9.59 Å². The zero-order chi connectivity index (χ0) is 22.0. The maximum atomic E-state index is 13.3. The number of likely N-dealkylation sites (N-methyl/N-ethyl adjacent to an activating group) is 1. The van der Waals surface area contributed by atoms with Gasteiger partial charge in [0, 0.05) is 18.7 Å². The maximum absolute atomic E-state index is 13.3. The predicted molar refractivity (Wildman–Crippen MR) is 114 cm³/mol. The molecule has 2 aromatic carbocycles. The van der Waals surface area contributed by atoms with E-state index in [1.54, 1.807) is 0 Å². The zero-order valence-electron chi connectivity index (χ0n) is 17.7. The second kappa shape index (κ2) is 8.79. The van der Waals surface area contributed by atoms with Crippen molar-refractivity contribution in [2.75, 3.05) is 27.2 Å². The van der Waals surface area contributed by atoms with Crippen LogP contribution in [0.5, 0.6) is 0 Å². The Hall–Kier alpha value is -2.99. The fourth-order valence-electron chi connectivity index (χ4n) is 3.59. The number of aliphatic hydroxyl groups is 1. The van der Waals surface area contributed by atoms with Gasteiger partial charge in [0.1, 0.15) is 11.6 Å². The van der Waals surface area contributed by atoms with E-state index in [1.807, 2.05) is 43.3 Å². The van der Waals surface area contributed by atoms with Crippen molar-refractivity contribution in [2.24, 2.45) is 0 Å². The minimum Gasteiger partial charge on any atom is -0.507 e. The van der Waals surface area contributed by atoms with E-state index >= 15 is 0 Å². The number of hydrogen-bond acceptors (Lipinski definition) is 4. The fourth-order valence-corrected chi connectivity index (χ4v) is 3.59. The predicted octanol–water partition coefficient (Wildman–Crippen LogP) is 3.93. The second-order valence-electron chi connectivity index (χ2n) is 8.12. The number of carbonyl (C=O) groups excluding carboxylic acids is 2. The first-order chi connectivity index (χ1) is 14.2. The van der Waals surface area contributed by atoms with E-state index in [9.17, 15) is 19.1 Å². The van der Waals surface area contributed by atoms with Gasteiger partial charge in [-0.05, 0) is 55.4 Å². The van der Waals surface area contributed by atoms with Crippen molar-refractivity contribution in [3.63, 3.8) is 0 Å². The third-order valence-electron chi connectivity index (χ3n) is 5.36. The van der Waals surface area contributed by atoms with Gasteiger partial charge in [0.15, 0.2) is 0 Å². The van der Waals surface area contributed by atoms with Gasteiger partial charge < -0.3 is 14.9 Å². The first-order valence-electron chi connectivity index (χ1n) is 9.99. The monoisotopic (exact) mass is 410 g/mol. The van der Waals surface area contributed by atoms with Crippen LogP contribution in [0.4, 0.5) is 4.39 Å². The number of nitrogens with zero attached hydrogens (tertiary/aromatic N) is 2. The molecule has 158 valence electrons. The molecule has 2 aromatic rings. The Labute approximate surface area is 176 Å². The number of Topliss-reactive ketones (excluding diaryl/α,β-unsaturated/α-hetero) is 1. The Morgan fingerprint density at radius 2 is 1.67 bits per heavy atom. The minimum absolute atomic E-state index is 0.0302. The number of aliphatic hydroxyl groups excluding tert-OH is 1. The van der Waals surface area contributed by atoms with Crippen LogP contribution < -0.4 is 0 Å². The summed E-state index contributed by atoms with van der Waals surface area (Å²) in [5.41, 5.74) is 2.22. The van der Waals surface area contributed by atoms with E-state index < -0.39 is 23.5 Å². The van der Waals surface area contributed by atoms with E-state index in [0.717, 1.165) is 11.1 Å². The Bertz CT molecular complexity index is 963. The van der Waals surface area contributed by atoms with Crippen LogP contribution in [0, 0.1) is 5.82 Å². The zero-order valence-corrected chi connectivity index (χ0v) is 17.7. The normalized spacial score (nSPS) is 18.6. The van der Waals surface area contributed by atoms with Gasteiger partial charge >= 0.3 is 0 Å². The van der Waals surface area contributed by atoms with Crippen molar-refractivity contribution in [2.45, 2.75) is 25.8 Å². The number of carbonyl (C=O) groups is 2. The molecule has 1 N–H and O–H groups in total. The van der Waals surface area contributed by atoms with Crippen molar-refractivity contribution >= 4 is 17.4 Å². The molecule has 1 saturated heterocycles. The number of hydrogen-bond donors (Lipinski definition) is 1. The largest absolute Gasteiger partial charge is 0.507 e. The lowest BCUT2D eigenvalue weighted by atomic mass is 9.93. The molecule has 3 rings (SSSR count). The molecular weight excluding hydrogens is 383 g/mol. The summed E-state index contributed by atoms with van der Waals surface area (Å²) in [6.07, 6.45) is 0. The molecule has 0 radical (unpaired) electrons. The average Bonchev–Trinajstić information content (AvgIpc) is 2.97. The van der Waals surface area contributed by atoms with Crippen LogP contribution in [0.2, 0.25) is 0 Å². The Balaban J connectivity index is 2.12. The highest BCUT2D eigenvalue weighted by molar-refractivity contribution is 6.46. The lowest BCUT2D eigenvalue weighted by Crippen LogP contribution is -2.35. The molecule has 30 heavy (non-hydrogen) atoms. The van der Waals surface area contributed by atoms with Gasteiger partial charge in [-0.15, -0.1) is 0 Å². The topological polar surface area (TPSA) is 60.9 Å². The lowest BCUT2D eigenvalue weighted by Gasteiger charge is -2.27. The minimum atomic E-state index is -0.728. The Morgan fingerprint density at radius 3 is 2.20 bits per heavy atom. The highest BCUT2D eigenvalue weighted by Gasteiger charge is 2.45. The van der Waals surface area contributed by atoms with Crippen LogP contribution in [0.25, 0.3) is 5.76 Å². The second-order valence-corrected chi connectivity index (χ2v) is 8.12. The number of likely N-dealkylation sites (tertiary alicyclic amines) is 1. The molecule has 1 aliphatic rings. The molecule has 1 heterocycles. The van der Waals surface area contributed by atoms with Gasteiger partial charge in [0.2, 0.25) is 0 Å². The van der Waals surface area contributed by atoms with Crippen LogP contribution in [0.1, 0.15) is 42.5 Å². The molecular formula is C24H27FN2O3. The highest BCUT2D eigenvalue weighted by Crippen LogP contribution is 2.39. The fraction of sp³-hybridized carbons (Fsp3) is 0.333. The molecule has 0 aliphatic carbocycles. The standard InChI is InChI=1S/C24H27FN2O3/c1-15(2)16-5-7-17(8-6-16)21-20(22(28)18-9-11-19(25)12-10-18)23(29)24(30)27(21)14-13-26(3)4/h5-12,15,21,28H,13-14H2,1-4H3/b22-20+/t21-/m0/s1. The first kappa shape index (κ1) is 21.7. The van der Waals surface area contributed by atoms with E-state index in [1.165, 1.54) is 29.2 Å². The van der Waals surface area contributed by atoms with Crippen molar-refractivity contribution in [3.8, 4) is 0 Å². The third kappa shape index (κ3) is 4.28. The first-order valence-corrected chi connectivity index (χ1v) is 9.99. The summed E-state index contributed by atoms with van der Waals surface area (Å²) >= 11 is 0. The van der Waals surface area contributed by atoms with Crippen molar-refractivity contribution in [1.29, 1.82) is 0 Å². The van der Waals surface area contributed by atoms with Gasteiger partial charge in [-0.25, -0.2) is 4.39 Å². The molecule has 5 nitrogen and oxygen atoms in total. The summed E-state index contributed by atoms with van der Waals surface area (Å²) in [7, 11) is 3.78. The Morgan fingerprint density at radius 1 is 1.07 bits per heavy atom. The van der Waals surface area contributed by atoms with Crippen LogP contribution in [0.15, 0.2) is 54.1 Å². The maximum Gasteiger partial charge on any atom is 0.295 e. The number of rotatable bonds is 6. The molecule has 1 atom stereocenters. The molecule has 1 aliphatic heterocycles. The van der Waals surface area contributed by atoms with Crippen LogP contribution in [-0.2, 0) is 9.59 Å².